The number of ether oxygens (including phenoxy) is 2. The lowest BCUT2D eigenvalue weighted by Gasteiger charge is -2.37. The first-order chi connectivity index (χ1) is 28.4. The largest absolute Gasteiger partial charge is 0.467 e. The number of hydrogen-bond donors (Lipinski definition) is 1. The normalized spacial score (nSPS) is 19.1. The van der Waals surface area contributed by atoms with E-state index in [1.54, 1.807) is 54.6 Å². The summed E-state index contributed by atoms with van der Waals surface area (Å²) < 4.78 is 86.5. The van der Waals surface area contributed by atoms with Crippen molar-refractivity contribution in [2.75, 3.05) is 43.0 Å². The predicted molar refractivity (Wildman–Crippen MR) is 207 cm³/mol. The van der Waals surface area contributed by atoms with E-state index in [1.165, 1.54) is 41.2 Å². The summed E-state index contributed by atoms with van der Waals surface area (Å²) in [6.07, 6.45) is -8.81. The highest BCUT2D eigenvalue weighted by molar-refractivity contribution is 6.28. The minimum absolute atomic E-state index is 0.0433. The van der Waals surface area contributed by atoms with Crippen LogP contribution in [0, 0.1) is 0 Å². The lowest BCUT2D eigenvalue weighted by atomic mass is 9.93. The van der Waals surface area contributed by atoms with E-state index < -0.39 is 70.1 Å². The molecule has 1 N–H and O–H groups in total. The lowest BCUT2D eigenvalue weighted by molar-refractivity contribution is -0.165. The van der Waals surface area contributed by atoms with Gasteiger partial charge in [0, 0.05) is 50.4 Å². The number of benzene rings is 4. The van der Waals surface area contributed by atoms with Crippen molar-refractivity contribution in [3.8, 4) is 0 Å². The van der Waals surface area contributed by atoms with Crippen molar-refractivity contribution >= 4 is 52.6 Å². The summed E-state index contributed by atoms with van der Waals surface area (Å²) in [5.74, 6) is -4.02. The second kappa shape index (κ2) is 18.5. The minimum Gasteiger partial charge on any atom is -0.467 e. The van der Waals surface area contributed by atoms with Crippen molar-refractivity contribution in [1.29, 1.82) is 0 Å². The van der Waals surface area contributed by atoms with Gasteiger partial charge in [0.25, 0.3) is 11.8 Å². The fraction of sp³-hybridized carbons (Fsp3) is 0.310. The van der Waals surface area contributed by atoms with E-state index in [9.17, 15) is 50.3 Å². The van der Waals surface area contributed by atoms with E-state index in [4.69, 9.17) is 21.1 Å². The SMILES string of the molecule is COC(=O)C1(N(Cc2ccc(C(F)(F)F)cc2)C(=O)CCl)CCN(c2ccccc2)C1=O.COC(=O)C1(NCc2ccc(C(F)(F)F)cc2)CCN(c2ccccc2)C1=O. The quantitative estimate of drug-likeness (QED) is 0.0760. The van der Waals surface area contributed by atoms with Crippen LogP contribution >= 0.6 is 11.6 Å². The Balaban J connectivity index is 0.000000230. The molecule has 2 unspecified atom stereocenters. The molecule has 0 spiro atoms. The second-order valence-corrected chi connectivity index (χ2v) is 14.0. The summed E-state index contributed by atoms with van der Waals surface area (Å²) in [6.45, 7) is 0.198. The predicted octanol–water partition coefficient (Wildman–Crippen LogP) is 6.77. The number of methoxy groups -OCH3 is 2. The van der Waals surface area contributed by atoms with Gasteiger partial charge in [-0.3, -0.25) is 19.7 Å². The molecule has 0 aliphatic carbocycles. The van der Waals surface area contributed by atoms with Gasteiger partial charge in [0.2, 0.25) is 11.4 Å². The van der Waals surface area contributed by atoms with Gasteiger partial charge in [-0.05, 0) is 59.7 Å². The molecule has 18 heteroatoms. The first-order valence-electron chi connectivity index (χ1n) is 18.3. The lowest BCUT2D eigenvalue weighted by Crippen LogP contribution is -2.62. The number of alkyl halides is 7. The van der Waals surface area contributed by atoms with Crippen LogP contribution in [-0.2, 0) is 58.9 Å². The number of esters is 2. The highest BCUT2D eigenvalue weighted by atomic mass is 35.5. The molecule has 2 aliphatic rings. The van der Waals surface area contributed by atoms with Gasteiger partial charge in [-0.2, -0.15) is 26.3 Å². The Morgan fingerprint density at radius 3 is 1.57 bits per heavy atom. The molecule has 2 aliphatic heterocycles. The highest BCUT2D eigenvalue weighted by Crippen LogP contribution is 2.37. The Kier molecular flexibility index (Phi) is 14.0. The fourth-order valence-electron chi connectivity index (χ4n) is 7.01. The van der Waals surface area contributed by atoms with Gasteiger partial charge in [-0.25, -0.2) is 9.59 Å². The maximum Gasteiger partial charge on any atom is 0.416 e. The molecule has 2 saturated heterocycles. The zero-order valence-corrected chi connectivity index (χ0v) is 32.9. The molecule has 11 nitrogen and oxygen atoms in total. The third-order valence-corrected chi connectivity index (χ3v) is 10.4. The van der Waals surface area contributed by atoms with E-state index in [0.29, 0.717) is 29.0 Å². The van der Waals surface area contributed by atoms with E-state index in [1.807, 2.05) is 6.07 Å². The van der Waals surface area contributed by atoms with Crippen molar-refractivity contribution in [1.82, 2.24) is 10.2 Å². The Labute approximate surface area is 345 Å². The molecular weight excluding hydrogens is 822 g/mol. The van der Waals surface area contributed by atoms with E-state index in [0.717, 1.165) is 36.3 Å². The Morgan fingerprint density at radius 1 is 0.667 bits per heavy atom. The van der Waals surface area contributed by atoms with Crippen LogP contribution in [0.2, 0.25) is 0 Å². The highest BCUT2D eigenvalue weighted by Gasteiger charge is 2.59. The van der Waals surface area contributed by atoms with Crippen LogP contribution in [0.25, 0.3) is 0 Å². The monoisotopic (exact) mass is 860 g/mol. The van der Waals surface area contributed by atoms with Gasteiger partial charge in [-0.1, -0.05) is 60.7 Å². The molecule has 0 bridgehead atoms. The van der Waals surface area contributed by atoms with Gasteiger partial charge >= 0.3 is 24.3 Å². The summed E-state index contributed by atoms with van der Waals surface area (Å²) in [5, 5.41) is 2.92. The smallest absolute Gasteiger partial charge is 0.416 e. The Morgan fingerprint density at radius 2 is 1.12 bits per heavy atom. The van der Waals surface area contributed by atoms with Crippen LogP contribution in [0.5, 0.6) is 0 Å². The molecule has 60 heavy (non-hydrogen) atoms. The fourth-order valence-corrected chi connectivity index (χ4v) is 7.15. The van der Waals surface area contributed by atoms with Crippen LogP contribution in [0.3, 0.4) is 0 Å². The van der Waals surface area contributed by atoms with Crippen molar-refractivity contribution in [2.45, 2.75) is 49.4 Å². The average Bonchev–Trinajstić information content (AvgIpc) is 3.78. The molecule has 2 heterocycles. The summed E-state index contributed by atoms with van der Waals surface area (Å²) in [7, 11) is 2.30. The topological polar surface area (TPSA) is 126 Å². The summed E-state index contributed by atoms with van der Waals surface area (Å²) in [6, 6.07) is 26.2. The molecule has 2 atom stereocenters. The Bertz CT molecular complexity index is 2160. The molecule has 2 fully saturated rings. The molecule has 0 aromatic heterocycles. The number of carbonyl (C=O) groups is 5. The first-order valence-corrected chi connectivity index (χ1v) is 18.8. The van der Waals surface area contributed by atoms with Crippen LogP contribution in [0.4, 0.5) is 37.7 Å². The van der Waals surface area contributed by atoms with Gasteiger partial charge in [0.15, 0.2) is 5.54 Å². The summed E-state index contributed by atoms with van der Waals surface area (Å²) in [4.78, 5) is 68.6. The number of nitrogens with one attached hydrogen (secondary N) is 1. The summed E-state index contributed by atoms with van der Waals surface area (Å²) >= 11 is 5.77. The molecule has 3 amide bonds. The molecule has 6 rings (SSSR count). The van der Waals surface area contributed by atoms with Crippen LogP contribution in [0.1, 0.15) is 35.1 Å². The Hall–Kier alpha value is -5.94. The standard InChI is InChI=1S/C22H20ClF3N2O4.C20H19F3N2O3/c1-32-20(31)21(11-12-27(19(21)30)17-5-3-2-4-6-17)28(18(29)13-23)14-15-7-9-16(10-8-15)22(24,25)26;1-28-18(27)19(11-12-25(17(19)26)16-5-3-2-4-6-16)24-13-14-7-9-15(10-8-14)20(21,22)23/h2-10H,11-14H2,1H3;2-10,24H,11-13H2,1H3. The first kappa shape index (κ1) is 45.1. The van der Waals surface area contributed by atoms with E-state index >= 15 is 0 Å². The number of rotatable bonds is 11. The number of amides is 3. The second-order valence-electron chi connectivity index (χ2n) is 13.7. The van der Waals surface area contributed by atoms with Crippen LogP contribution in [-0.4, -0.2) is 78.8 Å². The molecule has 0 saturated carbocycles. The molecule has 0 radical (unpaired) electrons. The molecular formula is C42H39ClF6N4O7. The number of nitrogens with zero attached hydrogens (tertiary/aromatic N) is 3. The third kappa shape index (κ3) is 9.42. The minimum atomic E-state index is -4.52. The summed E-state index contributed by atoms with van der Waals surface area (Å²) in [5.41, 5.74) is -3.16. The number of anilines is 2. The number of carbonyl (C=O) groups excluding carboxylic acids is 5. The van der Waals surface area contributed by atoms with Gasteiger partial charge in [-0.15, -0.1) is 11.6 Å². The van der Waals surface area contributed by atoms with Crippen molar-refractivity contribution in [3.63, 3.8) is 0 Å². The van der Waals surface area contributed by atoms with Crippen molar-refractivity contribution < 1.29 is 59.8 Å². The molecule has 318 valence electrons. The van der Waals surface area contributed by atoms with Gasteiger partial charge in [0.1, 0.15) is 5.88 Å². The number of hydrogen-bond acceptors (Lipinski definition) is 8. The van der Waals surface area contributed by atoms with Crippen molar-refractivity contribution in [3.05, 3.63) is 131 Å². The van der Waals surface area contributed by atoms with E-state index in [2.05, 4.69) is 5.32 Å². The maximum absolute atomic E-state index is 13.5. The van der Waals surface area contributed by atoms with Crippen LogP contribution < -0.4 is 15.1 Å². The van der Waals surface area contributed by atoms with Gasteiger partial charge in [0.05, 0.1) is 25.3 Å². The molecule has 4 aromatic carbocycles. The van der Waals surface area contributed by atoms with E-state index in [-0.39, 0.29) is 32.5 Å². The maximum atomic E-state index is 13.5. The molecule has 4 aromatic rings. The van der Waals surface area contributed by atoms with Crippen molar-refractivity contribution in [2.24, 2.45) is 0 Å². The van der Waals surface area contributed by atoms with Gasteiger partial charge < -0.3 is 24.2 Å². The third-order valence-electron chi connectivity index (χ3n) is 10.2. The number of halogens is 7. The zero-order valence-electron chi connectivity index (χ0n) is 32.2. The average molecular weight is 861 g/mol. The number of para-hydroxylation sites is 2. The zero-order chi connectivity index (χ0) is 43.9. The van der Waals surface area contributed by atoms with Crippen LogP contribution in [0.15, 0.2) is 109 Å².